The summed E-state index contributed by atoms with van der Waals surface area (Å²) in [5, 5.41) is 0. The second kappa shape index (κ2) is 12.2. The highest BCUT2D eigenvalue weighted by Gasteiger charge is 2.31. The fourth-order valence-electron chi connectivity index (χ4n) is 5.42. The Morgan fingerprint density at radius 3 is 1.71 bits per heavy atom. The van der Waals surface area contributed by atoms with E-state index in [1.807, 2.05) is 78.9 Å². The van der Waals surface area contributed by atoms with Crippen molar-refractivity contribution in [3.05, 3.63) is 125 Å². The zero-order valence-electron chi connectivity index (χ0n) is 22.8. The highest BCUT2D eigenvalue weighted by Crippen LogP contribution is 2.44. The molecule has 0 aromatic heterocycles. The number of amides is 2. The van der Waals surface area contributed by atoms with Crippen LogP contribution in [0.4, 0.5) is 9.59 Å². The summed E-state index contributed by atoms with van der Waals surface area (Å²) >= 11 is 0. The van der Waals surface area contributed by atoms with Crippen molar-refractivity contribution in [2.75, 3.05) is 32.8 Å². The van der Waals surface area contributed by atoms with E-state index in [-0.39, 0.29) is 31.3 Å². The first kappa shape index (κ1) is 26.4. The maximum atomic E-state index is 12.9. The van der Waals surface area contributed by atoms with Crippen molar-refractivity contribution in [1.82, 2.24) is 9.80 Å². The molecule has 0 radical (unpaired) electrons. The topological polar surface area (TPSA) is 68.3 Å². The van der Waals surface area contributed by atoms with Crippen LogP contribution >= 0.6 is 0 Å². The lowest BCUT2D eigenvalue weighted by atomic mass is 9.98. The molecule has 0 unspecified atom stereocenters. The van der Waals surface area contributed by atoms with E-state index in [0.29, 0.717) is 32.8 Å². The fraction of sp³-hybridized carbons (Fsp3) is 0.235. The molecule has 7 nitrogen and oxygen atoms in total. The number of ether oxygens (including phenoxy) is 3. The van der Waals surface area contributed by atoms with Crippen LogP contribution in [0.3, 0.4) is 0 Å². The van der Waals surface area contributed by atoms with E-state index < -0.39 is 0 Å². The van der Waals surface area contributed by atoms with E-state index in [1.54, 1.807) is 9.80 Å². The van der Waals surface area contributed by atoms with Gasteiger partial charge in [-0.3, -0.25) is 0 Å². The highest BCUT2D eigenvalue weighted by molar-refractivity contribution is 5.79. The average molecular weight is 549 g/mol. The van der Waals surface area contributed by atoms with E-state index in [1.165, 1.54) is 22.3 Å². The van der Waals surface area contributed by atoms with Crippen LogP contribution < -0.4 is 4.74 Å². The summed E-state index contributed by atoms with van der Waals surface area (Å²) in [5.74, 6) is 0.778. The lowest BCUT2D eigenvalue weighted by molar-refractivity contribution is 0.0572. The van der Waals surface area contributed by atoms with E-state index in [9.17, 15) is 9.59 Å². The largest absolute Gasteiger partial charge is 0.489 e. The number of benzene rings is 4. The summed E-state index contributed by atoms with van der Waals surface area (Å²) in [7, 11) is 0. The van der Waals surface area contributed by atoms with Gasteiger partial charge in [-0.05, 0) is 45.5 Å². The Labute approximate surface area is 239 Å². The Bertz CT molecular complexity index is 1450. The lowest BCUT2D eigenvalue weighted by Crippen LogP contribution is -2.51. The van der Waals surface area contributed by atoms with Crippen LogP contribution in [0.2, 0.25) is 0 Å². The van der Waals surface area contributed by atoms with E-state index >= 15 is 0 Å². The van der Waals surface area contributed by atoms with Crippen molar-refractivity contribution >= 4 is 12.2 Å². The molecule has 41 heavy (non-hydrogen) atoms. The number of piperazine rings is 1. The predicted octanol–water partition coefficient (Wildman–Crippen LogP) is 6.47. The van der Waals surface area contributed by atoms with Gasteiger partial charge in [0, 0.05) is 32.1 Å². The molecule has 2 aliphatic rings. The van der Waals surface area contributed by atoms with Crippen LogP contribution in [0.15, 0.2) is 103 Å². The average Bonchev–Trinajstić information content (AvgIpc) is 3.36. The first-order valence-electron chi connectivity index (χ1n) is 13.9. The van der Waals surface area contributed by atoms with Crippen LogP contribution in [0.25, 0.3) is 11.1 Å². The molecule has 1 aliphatic heterocycles. The second-order valence-electron chi connectivity index (χ2n) is 10.3. The Kier molecular flexibility index (Phi) is 7.85. The zero-order chi connectivity index (χ0) is 28.0. The summed E-state index contributed by atoms with van der Waals surface area (Å²) in [6, 6.07) is 34.1. The van der Waals surface area contributed by atoms with Gasteiger partial charge >= 0.3 is 12.2 Å². The van der Waals surface area contributed by atoms with Crippen molar-refractivity contribution in [1.29, 1.82) is 0 Å². The van der Waals surface area contributed by atoms with Crippen LogP contribution in [0.5, 0.6) is 5.75 Å². The third kappa shape index (κ3) is 6.04. The summed E-state index contributed by atoms with van der Waals surface area (Å²) < 4.78 is 17.1. The lowest BCUT2D eigenvalue weighted by Gasteiger charge is -2.33. The SMILES string of the molecule is O=C(OCc1ccc(OCc2ccccc2)cc1)N1CCN(C(=O)OCC2c3ccccc3-c3ccccc32)CC1. The van der Waals surface area contributed by atoms with Crippen LogP contribution in [-0.2, 0) is 22.7 Å². The van der Waals surface area contributed by atoms with Crippen LogP contribution in [-0.4, -0.2) is 54.8 Å². The molecule has 0 bridgehead atoms. The molecule has 6 rings (SSSR count). The monoisotopic (exact) mass is 548 g/mol. The van der Waals surface area contributed by atoms with Gasteiger partial charge in [-0.2, -0.15) is 0 Å². The van der Waals surface area contributed by atoms with Gasteiger partial charge in [-0.1, -0.05) is 91.0 Å². The molecular weight excluding hydrogens is 516 g/mol. The smallest absolute Gasteiger partial charge is 0.410 e. The van der Waals surface area contributed by atoms with Gasteiger partial charge in [0.1, 0.15) is 25.6 Å². The Morgan fingerprint density at radius 1 is 0.585 bits per heavy atom. The maximum absolute atomic E-state index is 12.9. The second-order valence-corrected chi connectivity index (χ2v) is 10.3. The number of carbonyl (C=O) groups is 2. The Hall–Kier alpha value is -4.78. The van der Waals surface area contributed by atoms with E-state index in [4.69, 9.17) is 14.2 Å². The first-order chi connectivity index (χ1) is 20.2. The number of nitrogens with zero attached hydrogens (tertiary/aromatic N) is 2. The van der Waals surface area contributed by atoms with Gasteiger partial charge in [0.2, 0.25) is 0 Å². The molecule has 208 valence electrons. The maximum Gasteiger partial charge on any atom is 0.410 e. The number of carbonyl (C=O) groups excluding carboxylic acids is 2. The number of rotatable bonds is 7. The molecule has 7 heteroatoms. The molecular formula is C34H32N2O5. The van der Waals surface area contributed by atoms with E-state index in [0.717, 1.165) is 16.9 Å². The van der Waals surface area contributed by atoms with Gasteiger partial charge in [0.15, 0.2) is 0 Å². The van der Waals surface area contributed by atoms with Crippen LogP contribution in [0.1, 0.15) is 28.2 Å². The third-order valence-electron chi connectivity index (χ3n) is 7.67. The van der Waals surface area contributed by atoms with Crippen molar-refractivity contribution in [3.63, 3.8) is 0 Å². The van der Waals surface area contributed by atoms with Gasteiger partial charge in [-0.15, -0.1) is 0 Å². The van der Waals surface area contributed by atoms with E-state index in [2.05, 4.69) is 24.3 Å². The van der Waals surface area contributed by atoms with Gasteiger partial charge < -0.3 is 24.0 Å². The predicted molar refractivity (Wildman–Crippen MR) is 156 cm³/mol. The standard InChI is InChI=1S/C34H32N2O5/c37-33(40-23-26-14-16-27(17-15-26)39-22-25-8-2-1-3-9-25)35-18-20-36(21-19-35)34(38)41-24-32-30-12-6-4-10-28(30)29-11-5-7-13-31(29)32/h1-17,32H,18-24H2. The normalized spacial score (nSPS) is 14.2. The molecule has 0 N–H and O–H groups in total. The highest BCUT2D eigenvalue weighted by atomic mass is 16.6. The molecule has 0 saturated carbocycles. The fourth-order valence-corrected chi connectivity index (χ4v) is 5.42. The van der Waals surface area contributed by atoms with Crippen molar-refractivity contribution in [3.8, 4) is 16.9 Å². The zero-order valence-corrected chi connectivity index (χ0v) is 22.8. The molecule has 1 fully saturated rings. The first-order valence-corrected chi connectivity index (χ1v) is 13.9. The Morgan fingerprint density at radius 2 is 1.10 bits per heavy atom. The van der Waals surface area contributed by atoms with Crippen molar-refractivity contribution in [2.24, 2.45) is 0 Å². The quantitative estimate of drug-likeness (QED) is 0.265. The molecule has 1 saturated heterocycles. The van der Waals surface area contributed by atoms with Gasteiger partial charge in [0.05, 0.1) is 0 Å². The summed E-state index contributed by atoms with van der Waals surface area (Å²) in [6.07, 6.45) is -0.740. The molecule has 4 aromatic carbocycles. The Balaban J connectivity index is 0.939. The third-order valence-corrected chi connectivity index (χ3v) is 7.67. The minimum atomic E-state index is -0.387. The number of hydrogen-bond donors (Lipinski definition) is 0. The van der Waals surface area contributed by atoms with Gasteiger partial charge in [-0.25, -0.2) is 9.59 Å². The molecule has 0 spiro atoms. The van der Waals surface area contributed by atoms with Crippen molar-refractivity contribution < 1.29 is 23.8 Å². The minimum absolute atomic E-state index is 0.0205. The molecule has 0 atom stereocenters. The van der Waals surface area contributed by atoms with Gasteiger partial charge in [0.25, 0.3) is 0 Å². The minimum Gasteiger partial charge on any atom is -0.489 e. The van der Waals surface area contributed by atoms with Crippen molar-refractivity contribution in [2.45, 2.75) is 19.1 Å². The molecule has 2 amide bonds. The summed E-state index contributed by atoms with van der Waals surface area (Å²) in [5.41, 5.74) is 6.74. The molecule has 1 heterocycles. The molecule has 4 aromatic rings. The summed E-state index contributed by atoms with van der Waals surface area (Å²) in [6.45, 7) is 2.55. The number of hydrogen-bond acceptors (Lipinski definition) is 5. The number of fused-ring (bicyclic) bond motifs is 3. The summed E-state index contributed by atoms with van der Waals surface area (Å²) in [4.78, 5) is 28.8. The van der Waals surface area contributed by atoms with Crippen LogP contribution in [0, 0.1) is 0 Å². The molecule has 1 aliphatic carbocycles.